The second kappa shape index (κ2) is 6.13. The number of nitro benzene ring substituents is 1. The Morgan fingerprint density at radius 3 is 2.91 bits per heavy atom. The first-order chi connectivity index (χ1) is 10.7. The molecule has 5 nitrogen and oxygen atoms in total. The van der Waals surface area contributed by atoms with Gasteiger partial charge >= 0.3 is 0 Å². The fourth-order valence-corrected chi connectivity index (χ4v) is 4.07. The maximum Gasteiger partial charge on any atom is 0.270 e. The highest BCUT2D eigenvalue weighted by molar-refractivity contribution is 8.00. The van der Waals surface area contributed by atoms with Crippen molar-refractivity contribution in [3.63, 3.8) is 0 Å². The molecule has 0 radical (unpaired) electrons. The number of nitro groups is 1. The molecule has 0 aliphatic rings. The number of nitrogens with zero attached hydrogens (tertiary/aromatic N) is 3. The molecule has 0 spiro atoms. The summed E-state index contributed by atoms with van der Waals surface area (Å²) < 4.78 is 1.63. The number of fused-ring (bicyclic) bond motifs is 1. The number of non-ortho nitro benzene ring substituents is 1. The molecular weight excluding hydrogens is 318 g/mol. The van der Waals surface area contributed by atoms with Crippen molar-refractivity contribution in [2.24, 2.45) is 0 Å². The largest absolute Gasteiger partial charge is 0.270 e. The molecule has 0 aliphatic heterocycles. The monoisotopic (exact) mass is 327 g/mol. The van der Waals surface area contributed by atoms with Gasteiger partial charge in [0.25, 0.3) is 5.69 Å². The molecule has 1 aromatic heterocycles. The Morgan fingerprint density at radius 1 is 1.32 bits per heavy atom. The lowest BCUT2D eigenvalue weighted by Gasteiger charge is -2.00. The van der Waals surface area contributed by atoms with Gasteiger partial charge in [-0.25, -0.2) is 4.98 Å². The van der Waals surface area contributed by atoms with Crippen molar-refractivity contribution in [1.29, 1.82) is 5.26 Å². The van der Waals surface area contributed by atoms with Crippen LogP contribution in [0.4, 0.5) is 5.69 Å². The van der Waals surface area contributed by atoms with E-state index in [4.69, 9.17) is 5.26 Å². The zero-order chi connectivity index (χ0) is 15.5. The summed E-state index contributed by atoms with van der Waals surface area (Å²) in [4.78, 5) is 14.8. The fraction of sp³-hybridized carbons (Fsp3) is 0.0667. The van der Waals surface area contributed by atoms with Crippen LogP contribution in [0.3, 0.4) is 0 Å². The van der Waals surface area contributed by atoms with Crippen LogP contribution in [0.15, 0.2) is 46.8 Å². The molecular formula is C15H9N3O2S2. The number of thioether (sulfide) groups is 1. The topological polar surface area (TPSA) is 79.8 Å². The van der Waals surface area contributed by atoms with Gasteiger partial charge in [0, 0.05) is 17.9 Å². The Hall–Kier alpha value is -2.43. The molecule has 0 saturated carbocycles. The van der Waals surface area contributed by atoms with E-state index in [1.54, 1.807) is 18.2 Å². The third-order valence-corrected chi connectivity index (χ3v) is 5.26. The first-order valence-electron chi connectivity index (χ1n) is 6.33. The van der Waals surface area contributed by atoms with Crippen LogP contribution >= 0.6 is 23.1 Å². The van der Waals surface area contributed by atoms with Crippen LogP contribution < -0.4 is 0 Å². The number of benzene rings is 2. The van der Waals surface area contributed by atoms with Crippen molar-refractivity contribution in [2.75, 3.05) is 0 Å². The van der Waals surface area contributed by atoms with E-state index < -0.39 is 4.92 Å². The number of aromatic nitrogens is 1. The zero-order valence-corrected chi connectivity index (χ0v) is 12.9. The predicted octanol–water partition coefficient (Wildman–Crippen LogP) is 4.37. The number of nitriles is 1. The molecule has 0 fully saturated rings. The molecule has 0 amide bonds. The minimum absolute atomic E-state index is 0.0718. The summed E-state index contributed by atoms with van der Waals surface area (Å²) in [6.07, 6.45) is 0. The van der Waals surface area contributed by atoms with Gasteiger partial charge in [0.05, 0.1) is 26.8 Å². The summed E-state index contributed by atoms with van der Waals surface area (Å²) in [7, 11) is 0. The zero-order valence-electron chi connectivity index (χ0n) is 11.2. The molecule has 22 heavy (non-hydrogen) atoms. The molecule has 3 rings (SSSR count). The van der Waals surface area contributed by atoms with Crippen LogP contribution in [-0.4, -0.2) is 9.91 Å². The van der Waals surface area contributed by atoms with Crippen LogP contribution in [0, 0.1) is 21.4 Å². The third-order valence-electron chi connectivity index (χ3n) is 3.05. The number of thiazole rings is 1. The van der Waals surface area contributed by atoms with Gasteiger partial charge in [0.2, 0.25) is 0 Å². The van der Waals surface area contributed by atoms with E-state index in [2.05, 4.69) is 11.1 Å². The van der Waals surface area contributed by atoms with Gasteiger partial charge in [-0.05, 0) is 17.7 Å². The molecule has 0 aliphatic carbocycles. The van der Waals surface area contributed by atoms with Gasteiger partial charge in [-0.15, -0.1) is 11.3 Å². The SMILES string of the molecule is N#Cc1ccccc1CSc1nc2ccc([N+](=O)[O-])cc2s1. The normalized spacial score (nSPS) is 10.5. The second-order valence-corrected chi connectivity index (χ2v) is 6.70. The smallest absolute Gasteiger partial charge is 0.258 e. The second-order valence-electron chi connectivity index (χ2n) is 4.45. The Kier molecular flexibility index (Phi) is 4.04. The van der Waals surface area contributed by atoms with E-state index in [1.807, 2.05) is 18.2 Å². The summed E-state index contributed by atoms with van der Waals surface area (Å²) in [6.45, 7) is 0. The lowest BCUT2D eigenvalue weighted by Crippen LogP contribution is -1.86. The molecule has 0 bridgehead atoms. The number of hydrogen-bond donors (Lipinski definition) is 0. The highest BCUT2D eigenvalue weighted by Gasteiger charge is 2.11. The quantitative estimate of drug-likeness (QED) is 0.404. The molecule has 0 N–H and O–H groups in total. The Labute approximate surface area is 134 Å². The average molecular weight is 327 g/mol. The van der Waals surface area contributed by atoms with E-state index >= 15 is 0 Å². The lowest BCUT2D eigenvalue weighted by atomic mass is 10.1. The van der Waals surface area contributed by atoms with Crippen molar-refractivity contribution in [1.82, 2.24) is 4.98 Å². The van der Waals surface area contributed by atoms with Crippen LogP contribution in [0.2, 0.25) is 0 Å². The van der Waals surface area contributed by atoms with Crippen LogP contribution in [0.1, 0.15) is 11.1 Å². The lowest BCUT2D eigenvalue weighted by molar-refractivity contribution is -0.384. The van der Waals surface area contributed by atoms with Crippen molar-refractivity contribution < 1.29 is 4.92 Å². The fourth-order valence-electron chi connectivity index (χ4n) is 1.96. The standard InChI is InChI=1S/C15H9N3O2S2/c16-8-10-3-1-2-4-11(10)9-21-15-17-13-6-5-12(18(19)20)7-14(13)22-15/h1-7H,9H2. The van der Waals surface area contributed by atoms with Crippen LogP contribution in [0.5, 0.6) is 0 Å². The average Bonchev–Trinajstić information content (AvgIpc) is 2.95. The van der Waals surface area contributed by atoms with E-state index in [0.717, 1.165) is 20.1 Å². The molecule has 2 aromatic carbocycles. The summed E-state index contributed by atoms with van der Waals surface area (Å²) >= 11 is 2.96. The summed E-state index contributed by atoms with van der Waals surface area (Å²) in [6, 6.07) is 14.3. The van der Waals surface area contributed by atoms with Gasteiger partial charge in [0.1, 0.15) is 0 Å². The van der Waals surface area contributed by atoms with Gasteiger partial charge in [0.15, 0.2) is 4.34 Å². The van der Waals surface area contributed by atoms with Gasteiger partial charge in [-0.2, -0.15) is 5.26 Å². The van der Waals surface area contributed by atoms with Crippen LogP contribution in [0.25, 0.3) is 10.2 Å². The maximum atomic E-state index is 10.8. The molecule has 0 unspecified atom stereocenters. The molecule has 1 heterocycles. The molecule has 3 aromatic rings. The maximum absolute atomic E-state index is 10.8. The van der Waals surface area contributed by atoms with Crippen molar-refractivity contribution >= 4 is 39.0 Å². The minimum atomic E-state index is -0.408. The minimum Gasteiger partial charge on any atom is -0.258 e. The molecule has 108 valence electrons. The highest BCUT2D eigenvalue weighted by atomic mass is 32.2. The number of rotatable bonds is 4. The summed E-state index contributed by atoms with van der Waals surface area (Å²) in [5, 5.41) is 19.9. The van der Waals surface area contributed by atoms with Crippen molar-refractivity contribution in [2.45, 2.75) is 10.1 Å². The number of hydrogen-bond acceptors (Lipinski definition) is 6. The highest BCUT2D eigenvalue weighted by Crippen LogP contribution is 2.33. The van der Waals surface area contributed by atoms with Gasteiger partial charge in [-0.3, -0.25) is 10.1 Å². The van der Waals surface area contributed by atoms with Crippen molar-refractivity contribution in [3.8, 4) is 6.07 Å². The molecule has 0 atom stereocenters. The van der Waals surface area contributed by atoms with E-state index in [0.29, 0.717) is 11.3 Å². The van der Waals surface area contributed by atoms with Crippen LogP contribution in [-0.2, 0) is 5.75 Å². The van der Waals surface area contributed by atoms with Gasteiger partial charge < -0.3 is 0 Å². The predicted molar refractivity (Wildman–Crippen MR) is 87.0 cm³/mol. The van der Waals surface area contributed by atoms with Gasteiger partial charge in [-0.1, -0.05) is 30.0 Å². The molecule has 7 heteroatoms. The van der Waals surface area contributed by atoms with Crippen molar-refractivity contribution in [3.05, 3.63) is 63.7 Å². The summed E-state index contributed by atoms with van der Waals surface area (Å²) in [5.41, 5.74) is 2.45. The first-order valence-corrected chi connectivity index (χ1v) is 8.13. The Balaban J connectivity index is 1.82. The molecule has 0 saturated heterocycles. The third kappa shape index (κ3) is 2.93. The van der Waals surface area contributed by atoms with E-state index in [1.165, 1.54) is 29.2 Å². The Morgan fingerprint density at radius 2 is 2.14 bits per heavy atom. The van der Waals surface area contributed by atoms with E-state index in [9.17, 15) is 10.1 Å². The first kappa shape index (κ1) is 14.5. The summed E-state index contributed by atoms with van der Waals surface area (Å²) in [5.74, 6) is 0.644. The van der Waals surface area contributed by atoms with E-state index in [-0.39, 0.29) is 5.69 Å². The Bertz CT molecular complexity index is 899.